The van der Waals surface area contributed by atoms with E-state index in [-0.39, 0.29) is 5.91 Å². The second-order valence-corrected chi connectivity index (χ2v) is 7.28. The largest absolute Gasteiger partial charge is 0.494 e. The maximum Gasteiger partial charge on any atom is 0.252 e. The molecular formula is C25H21ClN2O2. The van der Waals surface area contributed by atoms with Crippen LogP contribution in [0.2, 0.25) is 5.02 Å². The van der Waals surface area contributed by atoms with E-state index < -0.39 is 0 Å². The van der Waals surface area contributed by atoms with Crippen LogP contribution in [0, 0.1) is 0 Å². The van der Waals surface area contributed by atoms with Crippen molar-refractivity contribution in [2.75, 3.05) is 6.61 Å². The highest BCUT2D eigenvalue weighted by atomic mass is 35.5. The van der Waals surface area contributed by atoms with Gasteiger partial charge in [-0.2, -0.15) is 0 Å². The number of halogens is 1. The van der Waals surface area contributed by atoms with Crippen LogP contribution in [-0.4, -0.2) is 17.5 Å². The van der Waals surface area contributed by atoms with Gasteiger partial charge >= 0.3 is 0 Å². The molecule has 1 heterocycles. The third-order valence-electron chi connectivity index (χ3n) is 4.79. The Hall–Kier alpha value is -3.37. The van der Waals surface area contributed by atoms with Crippen LogP contribution in [0.3, 0.4) is 0 Å². The van der Waals surface area contributed by atoms with Crippen molar-refractivity contribution < 1.29 is 9.53 Å². The molecule has 0 saturated heterocycles. The molecule has 1 aromatic heterocycles. The van der Waals surface area contributed by atoms with E-state index in [1.807, 2.05) is 85.8 Å². The number of nitrogens with one attached hydrogen (secondary N) is 1. The number of ether oxygens (including phenoxy) is 1. The van der Waals surface area contributed by atoms with E-state index in [9.17, 15) is 4.79 Å². The minimum atomic E-state index is -0.143. The van der Waals surface area contributed by atoms with E-state index in [4.69, 9.17) is 21.3 Å². The number of carbonyl (C=O) groups excluding carboxylic acids is 1. The van der Waals surface area contributed by atoms with Crippen molar-refractivity contribution in [3.8, 4) is 17.0 Å². The fourth-order valence-electron chi connectivity index (χ4n) is 3.28. The first-order chi connectivity index (χ1) is 14.6. The molecule has 30 heavy (non-hydrogen) atoms. The van der Waals surface area contributed by atoms with Gasteiger partial charge in [-0.25, -0.2) is 4.98 Å². The number of benzene rings is 3. The first-order valence-corrected chi connectivity index (χ1v) is 10.2. The number of carbonyl (C=O) groups is 1. The van der Waals surface area contributed by atoms with Crippen LogP contribution >= 0.6 is 11.6 Å². The van der Waals surface area contributed by atoms with Crippen LogP contribution in [0.15, 0.2) is 78.9 Å². The van der Waals surface area contributed by atoms with Crippen molar-refractivity contribution >= 4 is 28.4 Å². The summed E-state index contributed by atoms with van der Waals surface area (Å²) in [5, 5.41) is 4.49. The number of hydrogen-bond donors (Lipinski definition) is 1. The van der Waals surface area contributed by atoms with E-state index in [1.54, 1.807) is 0 Å². The van der Waals surface area contributed by atoms with Gasteiger partial charge in [-0.3, -0.25) is 4.79 Å². The summed E-state index contributed by atoms with van der Waals surface area (Å²) in [6, 6.07) is 24.7. The first kappa shape index (κ1) is 19.9. The van der Waals surface area contributed by atoms with Crippen LogP contribution < -0.4 is 10.1 Å². The maximum absolute atomic E-state index is 13.0. The summed E-state index contributed by atoms with van der Waals surface area (Å²) in [5.41, 5.74) is 4.03. The fraction of sp³-hybridized carbons (Fsp3) is 0.120. The minimum Gasteiger partial charge on any atom is -0.494 e. The normalized spacial score (nSPS) is 10.7. The van der Waals surface area contributed by atoms with Crippen molar-refractivity contribution in [3.05, 3.63) is 95.0 Å². The first-order valence-electron chi connectivity index (χ1n) is 9.79. The van der Waals surface area contributed by atoms with E-state index in [2.05, 4.69) is 5.32 Å². The van der Waals surface area contributed by atoms with Crippen LogP contribution in [0.5, 0.6) is 5.75 Å². The Kier molecular flexibility index (Phi) is 5.96. The molecule has 0 aliphatic carbocycles. The van der Waals surface area contributed by atoms with Crippen molar-refractivity contribution in [2.45, 2.75) is 13.5 Å². The smallest absolute Gasteiger partial charge is 0.252 e. The summed E-state index contributed by atoms with van der Waals surface area (Å²) < 4.78 is 5.52. The van der Waals surface area contributed by atoms with Crippen LogP contribution in [0.25, 0.3) is 22.2 Å². The van der Waals surface area contributed by atoms with Gasteiger partial charge in [0.05, 0.1) is 23.4 Å². The Morgan fingerprint density at radius 2 is 1.73 bits per heavy atom. The molecule has 150 valence electrons. The predicted octanol–water partition coefficient (Wildman–Crippen LogP) is 5.88. The van der Waals surface area contributed by atoms with Gasteiger partial charge in [0.2, 0.25) is 0 Å². The molecule has 5 heteroatoms. The number of aromatic nitrogens is 1. The highest BCUT2D eigenvalue weighted by Gasteiger charge is 2.14. The monoisotopic (exact) mass is 416 g/mol. The topological polar surface area (TPSA) is 51.2 Å². The van der Waals surface area contributed by atoms with E-state index in [0.29, 0.717) is 23.7 Å². The Morgan fingerprint density at radius 3 is 2.47 bits per heavy atom. The molecule has 3 aromatic carbocycles. The average molecular weight is 417 g/mol. The number of nitrogens with zero attached hydrogens (tertiary/aromatic N) is 1. The third-order valence-corrected chi connectivity index (χ3v) is 5.04. The lowest BCUT2D eigenvalue weighted by Gasteiger charge is -2.11. The molecule has 4 rings (SSSR count). The van der Waals surface area contributed by atoms with Crippen LogP contribution in [0.1, 0.15) is 22.8 Å². The van der Waals surface area contributed by atoms with Gasteiger partial charge in [0.25, 0.3) is 5.91 Å². The second kappa shape index (κ2) is 8.97. The molecule has 0 saturated carbocycles. The lowest BCUT2D eigenvalue weighted by molar-refractivity contribution is 0.0952. The fourth-order valence-corrected chi connectivity index (χ4v) is 3.41. The SMILES string of the molecule is CCOc1ccc(-c2cc(C(=O)NCc3ccc(Cl)cc3)c3ccccc3n2)cc1. The summed E-state index contributed by atoms with van der Waals surface area (Å²) >= 11 is 5.94. The van der Waals surface area contributed by atoms with Crippen molar-refractivity contribution in [2.24, 2.45) is 0 Å². The van der Waals surface area contributed by atoms with Gasteiger partial charge in [0.1, 0.15) is 5.75 Å². The summed E-state index contributed by atoms with van der Waals surface area (Å²) in [4.78, 5) is 17.8. The zero-order chi connectivity index (χ0) is 20.9. The van der Waals surface area contributed by atoms with E-state index in [1.165, 1.54) is 0 Å². The summed E-state index contributed by atoms with van der Waals surface area (Å²) in [7, 11) is 0. The zero-order valence-electron chi connectivity index (χ0n) is 16.6. The maximum atomic E-state index is 13.0. The molecule has 0 aliphatic heterocycles. The Bertz CT molecular complexity index is 1170. The molecule has 0 unspecified atom stereocenters. The van der Waals surface area contributed by atoms with Crippen molar-refractivity contribution in [1.82, 2.24) is 10.3 Å². The molecule has 0 bridgehead atoms. The molecule has 0 fully saturated rings. The predicted molar refractivity (Wildman–Crippen MR) is 121 cm³/mol. The van der Waals surface area contributed by atoms with Crippen LogP contribution in [0.4, 0.5) is 0 Å². The van der Waals surface area contributed by atoms with Crippen molar-refractivity contribution in [3.63, 3.8) is 0 Å². The Balaban J connectivity index is 1.65. The summed E-state index contributed by atoms with van der Waals surface area (Å²) in [6.45, 7) is 2.99. The number of rotatable bonds is 6. The lowest BCUT2D eigenvalue weighted by atomic mass is 10.0. The molecule has 1 amide bonds. The number of para-hydroxylation sites is 1. The van der Waals surface area contributed by atoms with Gasteiger partial charge < -0.3 is 10.1 Å². The van der Waals surface area contributed by atoms with Gasteiger partial charge in [-0.05, 0) is 61.0 Å². The Labute approximate surface area is 180 Å². The van der Waals surface area contributed by atoms with Gasteiger partial charge in [-0.15, -0.1) is 0 Å². The number of amides is 1. The summed E-state index contributed by atoms with van der Waals surface area (Å²) in [6.07, 6.45) is 0. The Morgan fingerprint density at radius 1 is 1.00 bits per heavy atom. The van der Waals surface area contributed by atoms with Crippen molar-refractivity contribution in [1.29, 1.82) is 0 Å². The molecule has 4 nitrogen and oxygen atoms in total. The number of pyridine rings is 1. The second-order valence-electron chi connectivity index (χ2n) is 6.84. The molecule has 0 atom stereocenters. The quantitative estimate of drug-likeness (QED) is 0.426. The molecular weight excluding hydrogens is 396 g/mol. The number of fused-ring (bicyclic) bond motifs is 1. The van der Waals surface area contributed by atoms with Crippen LogP contribution in [-0.2, 0) is 6.54 Å². The van der Waals surface area contributed by atoms with E-state index in [0.717, 1.165) is 33.5 Å². The zero-order valence-corrected chi connectivity index (χ0v) is 17.3. The lowest BCUT2D eigenvalue weighted by Crippen LogP contribution is -2.23. The molecule has 1 N–H and O–H groups in total. The molecule has 4 aromatic rings. The molecule has 0 aliphatic rings. The standard InChI is InChI=1S/C25H21ClN2O2/c1-2-30-20-13-9-18(10-14-20)24-15-22(21-5-3-4-6-23(21)28-24)25(29)27-16-17-7-11-19(26)12-8-17/h3-15H,2,16H2,1H3,(H,27,29). The highest BCUT2D eigenvalue weighted by Crippen LogP contribution is 2.26. The van der Waals surface area contributed by atoms with E-state index >= 15 is 0 Å². The molecule has 0 spiro atoms. The number of hydrogen-bond acceptors (Lipinski definition) is 3. The average Bonchev–Trinajstić information content (AvgIpc) is 2.78. The third kappa shape index (κ3) is 4.44. The van der Waals surface area contributed by atoms with Gasteiger partial charge in [0.15, 0.2) is 0 Å². The summed E-state index contributed by atoms with van der Waals surface area (Å²) in [5.74, 6) is 0.665. The molecule has 0 radical (unpaired) electrons. The minimum absolute atomic E-state index is 0.143. The highest BCUT2D eigenvalue weighted by molar-refractivity contribution is 6.30. The van der Waals surface area contributed by atoms with Gasteiger partial charge in [0, 0.05) is 22.5 Å². The van der Waals surface area contributed by atoms with Gasteiger partial charge in [-0.1, -0.05) is 41.9 Å².